The first-order valence-corrected chi connectivity index (χ1v) is 3.39. The summed E-state index contributed by atoms with van der Waals surface area (Å²) in [5, 5.41) is 8.71. The smallest absolute Gasteiger partial charge is 0.0606 e. The van der Waals surface area contributed by atoms with Crippen molar-refractivity contribution in [3.63, 3.8) is 0 Å². The number of hydrogen-bond donors (Lipinski definition) is 1. The number of hydrogen-bond acceptors (Lipinski definition) is 2. The summed E-state index contributed by atoms with van der Waals surface area (Å²) in [7, 11) is 0. The maximum absolute atomic E-state index is 8.71. The van der Waals surface area contributed by atoms with Gasteiger partial charge in [-0.3, -0.25) is 0 Å². The van der Waals surface area contributed by atoms with Crippen molar-refractivity contribution < 1.29 is 5.11 Å². The molecule has 1 aromatic heterocycles. The molecule has 0 bridgehead atoms. The van der Waals surface area contributed by atoms with E-state index in [0.717, 1.165) is 11.0 Å². The highest BCUT2D eigenvalue weighted by molar-refractivity contribution is 5.74. The van der Waals surface area contributed by atoms with E-state index in [-0.39, 0.29) is 6.61 Å². The minimum Gasteiger partial charge on any atom is -0.438 e. The van der Waals surface area contributed by atoms with Crippen molar-refractivity contribution in [1.29, 1.82) is 0 Å². The van der Waals surface area contributed by atoms with Gasteiger partial charge in [-0.05, 0) is 11.0 Å². The third kappa shape index (κ3) is 0.991. The molecule has 11 heavy (non-hydrogen) atoms. The number of nitrogens with zero attached hydrogens (tertiary/aromatic N) is 2. The Labute approximate surface area is 63.7 Å². The summed E-state index contributed by atoms with van der Waals surface area (Å²) in [5.74, 6) is 0.492. The highest BCUT2D eigenvalue weighted by Gasteiger charge is 1.87. The second-order valence-corrected chi connectivity index (χ2v) is 2.29. The number of aliphatic hydroxyl groups is 1. The van der Waals surface area contributed by atoms with E-state index in [4.69, 9.17) is 5.11 Å². The van der Waals surface area contributed by atoms with Gasteiger partial charge >= 0.3 is 0 Å². The summed E-state index contributed by atoms with van der Waals surface area (Å²) in [6, 6.07) is 7.55. The van der Waals surface area contributed by atoms with Crippen molar-refractivity contribution in [2.75, 3.05) is 0 Å². The molecule has 0 aliphatic carbocycles. The van der Waals surface area contributed by atoms with Gasteiger partial charge in [0.1, 0.15) is 0 Å². The molecule has 1 aromatic carbocycles. The van der Waals surface area contributed by atoms with Crippen LogP contribution in [0.3, 0.4) is 0 Å². The molecule has 0 saturated carbocycles. The maximum Gasteiger partial charge on any atom is 0.0606 e. The Morgan fingerprint density at radius 1 is 1.36 bits per heavy atom. The molecule has 0 aliphatic rings. The molecule has 56 valence electrons. The summed E-state index contributed by atoms with van der Waals surface area (Å²) >= 11 is 0. The Kier molecular flexibility index (Phi) is 1.36. The SMILES string of the molecule is OCc1nc2ccccc2[n-]1. The van der Waals surface area contributed by atoms with E-state index in [2.05, 4.69) is 9.97 Å². The topological polar surface area (TPSA) is 47.2 Å². The van der Waals surface area contributed by atoms with Crippen molar-refractivity contribution in [3.8, 4) is 0 Å². The third-order valence-electron chi connectivity index (χ3n) is 1.52. The van der Waals surface area contributed by atoms with Crippen LogP contribution >= 0.6 is 0 Å². The van der Waals surface area contributed by atoms with Crippen LogP contribution in [0.4, 0.5) is 0 Å². The van der Waals surface area contributed by atoms with E-state index in [9.17, 15) is 0 Å². The zero-order valence-electron chi connectivity index (χ0n) is 5.86. The van der Waals surface area contributed by atoms with Crippen LogP contribution in [0, 0.1) is 0 Å². The van der Waals surface area contributed by atoms with E-state index < -0.39 is 0 Å². The molecule has 0 radical (unpaired) electrons. The molecule has 2 rings (SSSR count). The first-order valence-electron chi connectivity index (χ1n) is 3.39. The summed E-state index contributed by atoms with van der Waals surface area (Å²) in [5.41, 5.74) is 1.69. The number of benzene rings is 1. The van der Waals surface area contributed by atoms with Gasteiger partial charge in [-0.2, -0.15) is 0 Å². The van der Waals surface area contributed by atoms with E-state index in [0.29, 0.717) is 5.82 Å². The van der Waals surface area contributed by atoms with Gasteiger partial charge in [-0.25, -0.2) is 0 Å². The Balaban J connectivity index is 2.69. The molecular weight excluding hydrogens is 140 g/mol. The van der Waals surface area contributed by atoms with Crippen LogP contribution in [0.2, 0.25) is 0 Å². The first kappa shape index (κ1) is 6.37. The minimum absolute atomic E-state index is 0.0886. The third-order valence-corrected chi connectivity index (χ3v) is 1.52. The standard InChI is InChI=1S/C8H7N2O/c11-5-8-9-6-3-1-2-4-7(6)10-8/h1-4,11H,5H2/q-1. The fourth-order valence-electron chi connectivity index (χ4n) is 1.03. The van der Waals surface area contributed by atoms with Crippen LogP contribution in [0.5, 0.6) is 0 Å². The molecule has 0 spiro atoms. The molecule has 0 unspecified atom stereocenters. The predicted molar refractivity (Wildman–Crippen MR) is 41.0 cm³/mol. The largest absolute Gasteiger partial charge is 0.438 e. The quantitative estimate of drug-likeness (QED) is 0.645. The molecule has 0 amide bonds. The fraction of sp³-hybridized carbons (Fsp3) is 0.125. The highest BCUT2D eigenvalue weighted by atomic mass is 16.3. The number of aromatic nitrogens is 2. The maximum atomic E-state index is 8.71. The van der Waals surface area contributed by atoms with Gasteiger partial charge in [0.25, 0.3) is 0 Å². The van der Waals surface area contributed by atoms with Gasteiger partial charge in [0.05, 0.1) is 6.61 Å². The lowest BCUT2D eigenvalue weighted by Crippen LogP contribution is -1.85. The molecule has 2 aromatic rings. The van der Waals surface area contributed by atoms with Crippen LogP contribution in [-0.2, 0) is 6.61 Å². The molecule has 0 fully saturated rings. The molecular formula is C8H7N2O-. The van der Waals surface area contributed by atoms with Crippen LogP contribution in [0.25, 0.3) is 11.0 Å². The zero-order valence-corrected chi connectivity index (χ0v) is 5.86. The molecule has 0 saturated heterocycles. The van der Waals surface area contributed by atoms with E-state index in [1.54, 1.807) is 0 Å². The molecule has 3 heteroatoms. The number of rotatable bonds is 1. The second-order valence-electron chi connectivity index (χ2n) is 2.29. The lowest BCUT2D eigenvalue weighted by Gasteiger charge is -1.92. The van der Waals surface area contributed by atoms with Gasteiger partial charge in [-0.1, -0.05) is 30.1 Å². The Morgan fingerprint density at radius 3 is 2.91 bits per heavy atom. The predicted octanol–water partition coefficient (Wildman–Crippen LogP) is 0.684. The van der Waals surface area contributed by atoms with Gasteiger partial charge < -0.3 is 15.1 Å². The summed E-state index contributed by atoms with van der Waals surface area (Å²) in [6.45, 7) is -0.0886. The van der Waals surface area contributed by atoms with Crippen LogP contribution in [0.1, 0.15) is 5.82 Å². The number of para-hydroxylation sites is 2. The Morgan fingerprint density at radius 2 is 2.18 bits per heavy atom. The minimum atomic E-state index is -0.0886. The van der Waals surface area contributed by atoms with E-state index >= 15 is 0 Å². The Hall–Kier alpha value is -1.35. The number of fused-ring (bicyclic) bond motifs is 1. The summed E-state index contributed by atoms with van der Waals surface area (Å²) in [4.78, 5) is 8.14. The van der Waals surface area contributed by atoms with E-state index in [1.807, 2.05) is 24.3 Å². The molecule has 1 heterocycles. The monoisotopic (exact) mass is 147 g/mol. The van der Waals surface area contributed by atoms with Crippen LogP contribution in [0.15, 0.2) is 24.3 Å². The van der Waals surface area contributed by atoms with Gasteiger partial charge in [-0.15, -0.1) is 0 Å². The van der Waals surface area contributed by atoms with Crippen molar-refractivity contribution in [2.24, 2.45) is 0 Å². The van der Waals surface area contributed by atoms with Crippen molar-refractivity contribution in [2.45, 2.75) is 6.61 Å². The molecule has 1 N–H and O–H groups in total. The van der Waals surface area contributed by atoms with E-state index in [1.165, 1.54) is 0 Å². The van der Waals surface area contributed by atoms with Crippen LogP contribution < -0.4 is 4.98 Å². The average molecular weight is 147 g/mol. The molecule has 3 nitrogen and oxygen atoms in total. The van der Waals surface area contributed by atoms with Gasteiger partial charge in [0.2, 0.25) is 0 Å². The van der Waals surface area contributed by atoms with Crippen LogP contribution in [-0.4, -0.2) is 10.1 Å². The fourth-order valence-corrected chi connectivity index (χ4v) is 1.03. The lowest BCUT2D eigenvalue weighted by atomic mass is 10.3. The zero-order chi connectivity index (χ0) is 7.68. The summed E-state index contributed by atoms with van der Waals surface area (Å²) < 4.78 is 0. The normalized spacial score (nSPS) is 10.6. The number of aliphatic hydroxyl groups excluding tert-OH is 1. The Bertz CT molecular complexity index is 334. The van der Waals surface area contributed by atoms with Crippen molar-refractivity contribution in [1.82, 2.24) is 9.97 Å². The van der Waals surface area contributed by atoms with Crippen molar-refractivity contribution in [3.05, 3.63) is 30.1 Å². The molecule has 0 aliphatic heterocycles. The van der Waals surface area contributed by atoms with Gasteiger partial charge in [0.15, 0.2) is 0 Å². The van der Waals surface area contributed by atoms with Crippen molar-refractivity contribution >= 4 is 11.0 Å². The van der Waals surface area contributed by atoms with Gasteiger partial charge in [0, 0.05) is 0 Å². The second kappa shape index (κ2) is 2.36. The lowest BCUT2D eigenvalue weighted by molar-refractivity contribution is 0.272. The first-order chi connectivity index (χ1) is 5.40. The number of imidazole rings is 1. The average Bonchev–Trinajstić information content (AvgIpc) is 2.46. The molecule has 0 atom stereocenters. The summed E-state index contributed by atoms with van der Waals surface area (Å²) in [6.07, 6.45) is 0. The highest BCUT2D eigenvalue weighted by Crippen LogP contribution is 2.08.